The van der Waals surface area contributed by atoms with Crippen molar-refractivity contribution >= 4 is 35.2 Å². The van der Waals surface area contributed by atoms with Gasteiger partial charge >= 0.3 is 17.9 Å². The molecule has 0 aliphatic carbocycles. The monoisotopic (exact) mass is 479 g/mol. The van der Waals surface area contributed by atoms with Gasteiger partial charge in [-0.25, -0.2) is 14.0 Å². The number of carboxylic acids is 2. The molecule has 0 radical (unpaired) electrons. The number of ether oxygens (including phenoxy) is 1. The van der Waals surface area contributed by atoms with Crippen LogP contribution in [-0.2, 0) is 20.8 Å². The Labute approximate surface area is 194 Å². The van der Waals surface area contributed by atoms with Crippen molar-refractivity contribution in [1.82, 2.24) is 5.32 Å². The van der Waals surface area contributed by atoms with E-state index >= 15 is 0 Å². The van der Waals surface area contributed by atoms with Gasteiger partial charge in [0.2, 0.25) is 5.91 Å². The number of aliphatic carboxylic acids is 2. The van der Waals surface area contributed by atoms with Crippen LogP contribution in [0.3, 0.4) is 0 Å². The van der Waals surface area contributed by atoms with Crippen LogP contribution in [0.15, 0.2) is 30.3 Å². The third-order valence-corrected chi connectivity index (χ3v) is 6.11. The van der Waals surface area contributed by atoms with E-state index in [1.165, 1.54) is 18.2 Å². The van der Waals surface area contributed by atoms with Crippen LogP contribution in [0, 0.1) is 18.2 Å². The maximum atomic E-state index is 14.0. The summed E-state index contributed by atoms with van der Waals surface area (Å²) in [6.07, 6.45) is 0.481. The molecule has 0 spiro atoms. The van der Waals surface area contributed by atoms with Gasteiger partial charge in [0.05, 0.1) is 11.8 Å². The number of carbonyl (C=O) groups is 4. The Morgan fingerprint density at radius 1 is 1.18 bits per heavy atom. The van der Waals surface area contributed by atoms with Gasteiger partial charge in [-0.05, 0) is 49.6 Å². The third kappa shape index (κ3) is 7.11. The Kier molecular flexibility index (Phi) is 8.69. The third-order valence-electron chi connectivity index (χ3n) is 5.05. The van der Waals surface area contributed by atoms with Gasteiger partial charge in [0.1, 0.15) is 10.9 Å². The molecule has 0 fully saturated rings. The van der Waals surface area contributed by atoms with Crippen molar-refractivity contribution in [3.8, 4) is 5.75 Å². The Morgan fingerprint density at radius 2 is 1.88 bits per heavy atom. The lowest BCUT2D eigenvalue weighted by Gasteiger charge is -2.29. The van der Waals surface area contributed by atoms with Crippen LogP contribution in [0.5, 0.6) is 5.75 Å². The predicted molar refractivity (Wildman–Crippen MR) is 119 cm³/mol. The van der Waals surface area contributed by atoms with Crippen molar-refractivity contribution in [3.63, 3.8) is 0 Å². The predicted octanol–water partition coefficient (Wildman–Crippen LogP) is 3.81. The van der Waals surface area contributed by atoms with Gasteiger partial charge in [-0.3, -0.25) is 9.59 Å². The molecule has 0 bridgehead atoms. The minimum absolute atomic E-state index is 0.186. The van der Waals surface area contributed by atoms with Gasteiger partial charge in [-0.15, -0.1) is 11.3 Å². The van der Waals surface area contributed by atoms with Crippen LogP contribution in [0.2, 0.25) is 0 Å². The van der Waals surface area contributed by atoms with Crippen molar-refractivity contribution in [2.75, 3.05) is 0 Å². The quantitative estimate of drug-likeness (QED) is 0.330. The van der Waals surface area contributed by atoms with Crippen LogP contribution in [-0.4, -0.2) is 40.1 Å². The number of halogens is 1. The van der Waals surface area contributed by atoms with Gasteiger partial charge in [0.25, 0.3) is 0 Å². The van der Waals surface area contributed by atoms with Gasteiger partial charge in [0, 0.05) is 4.88 Å². The number of carbonyl (C=O) groups excluding carboxylic acids is 2. The molecule has 2 rings (SSSR count). The number of aryl methyl sites for hydroxylation is 1. The minimum Gasteiger partial charge on any atom is -0.481 e. The fraction of sp³-hybridized carbons (Fsp3) is 0.391. The average Bonchev–Trinajstić information content (AvgIpc) is 3.17. The number of hydrogen-bond acceptors (Lipinski definition) is 6. The molecule has 1 amide bonds. The van der Waals surface area contributed by atoms with Crippen LogP contribution in [0.4, 0.5) is 4.39 Å². The van der Waals surface area contributed by atoms with Crippen molar-refractivity contribution in [2.24, 2.45) is 5.41 Å². The Morgan fingerprint density at radius 3 is 2.45 bits per heavy atom. The number of hydrogen-bond donors (Lipinski definition) is 3. The smallest absolute Gasteiger partial charge is 0.353 e. The van der Waals surface area contributed by atoms with Crippen molar-refractivity contribution in [3.05, 3.63) is 51.5 Å². The number of rotatable bonds is 11. The topological polar surface area (TPSA) is 130 Å². The molecule has 0 aliphatic heterocycles. The molecule has 1 aromatic heterocycles. The van der Waals surface area contributed by atoms with Crippen molar-refractivity contribution < 1.29 is 38.5 Å². The molecular formula is C23H26FNO7S. The SMILES string of the molecule is CCCC(C)(Cc1ccc(C(=O)Oc2ccc(C)cc2F)s1)C(=O)NC(CC(=O)O)C(=O)O. The van der Waals surface area contributed by atoms with Gasteiger partial charge < -0.3 is 20.3 Å². The van der Waals surface area contributed by atoms with Crippen LogP contribution >= 0.6 is 11.3 Å². The number of nitrogens with one attached hydrogen (secondary N) is 1. The number of thiophene rings is 1. The van der Waals surface area contributed by atoms with Crippen LogP contribution < -0.4 is 10.1 Å². The molecule has 1 aromatic carbocycles. The van der Waals surface area contributed by atoms with E-state index in [1.54, 1.807) is 26.0 Å². The molecule has 1 heterocycles. The highest BCUT2D eigenvalue weighted by atomic mass is 32.1. The Balaban J connectivity index is 2.15. The Hall–Kier alpha value is -3.27. The highest BCUT2D eigenvalue weighted by Gasteiger charge is 2.36. The lowest BCUT2D eigenvalue weighted by molar-refractivity contribution is -0.148. The summed E-state index contributed by atoms with van der Waals surface area (Å²) in [5.41, 5.74) is -0.344. The Bertz CT molecular complexity index is 1050. The lowest BCUT2D eigenvalue weighted by Crippen LogP contribution is -2.49. The summed E-state index contributed by atoms with van der Waals surface area (Å²) < 4.78 is 19.1. The summed E-state index contributed by atoms with van der Waals surface area (Å²) in [5, 5.41) is 20.4. The fourth-order valence-corrected chi connectivity index (χ4v) is 4.42. The van der Waals surface area contributed by atoms with E-state index < -0.39 is 47.5 Å². The summed E-state index contributed by atoms with van der Waals surface area (Å²) in [6, 6.07) is 5.87. The van der Waals surface area contributed by atoms with E-state index in [0.717, 1.165) is 11.3 Å². The van der Waals surface area contributed by atoms with Crippen LogP contribution in [0.1, 0.15) is 53.2 Å². The first-order chi connectivity index (χ1) is 15.4. The first-order valence-electron chi connectivity index (χ1n) is 10.3. The second kappa shape index (κ2) is 11.0. The molecule has 2 atom stereocenters. The van der Waals surface area contributed by atoms with Crippen molar-refractivity contribution in [2.45, 2.75) is 52.5 Å². The lowest BCUT2D eigenvalue weighted by atomic mass is 9.80. The molecule has 33 heavy (non-hydrogen) atoms. The average molecular weight is 480 g/mol. The van der Waals surface area contributed by atoms with Gasteiger partial charge in [0.15, 0.2) is 11.6 Å². The summed E-state index contributed by atoms with van der Waals surface area (Å²) in [7, 11) is 0. The highest BCUT2D eigenvalue weighted by molar-refractivity contribution is 7.14. The largest absolute Gasteiger partial charge is 0.481 e. The van der Waals surface area contributed by atoms with E-state index in [2.05, 4.69) is 5.32 Å². The molecule has 178 valence electrons. The molecule has 0 saturated carbocycles. The second-order valence-corrected chi connectivity index (χ2v) is 9.21. The zero-order chi connectivity index (χ0) is 24.8. The standard InChI is InChI=1S/C23H26FNO7S/c1-4-9-23(3,22(31)25-16(20(28)29)11-19(26)27)12-14-6-8-18(33-14)21(30)32-17-7-5-13(2)10-15(17)24/h5-8,10,16H,4,9,11-12H2,1-3H3,(H,25,31)(H,26,27)(H,28,29). The normalized spacial score (nSPS) is 13.6. The maximum absolute atomic E-state index is 14.0. The van der Waals surface area contributed by atoms with E-state index in [4.69, 9.17) is 9.84 Å². The van der Waals surface area contributed by atoms with E-state index in [0.29, 0.717) is 23.3 Å². The zero-order valence-electron chi connectivity index (χ0n) is 18.5. The van der Waals surface area contributed by atoms with Crippen molar-refractivity contribution in [1.29, 1.82) is 0 Å². The summed E-state index contributed by atoms with van der Waals surface area (Å²) in [6.45, 7) is 5.24. The summed E-state index contributed by atoms with van der Waals surface area (Å²) in [5.74, 6) is -4.93. The maximum Gasteiger partial charge on any atom is 0.353 e. The van der Waals surface area contributed by atoms with E-state index in [9.17, 15) is 28.7 Å². The second-order valence-electron chi connectivity index (χ2n) is 8.04. The minimum atomic E-state index is -1.55. The molecule has 10 heteroatoms. The first kappa shape index (κ1) is 26.0. The number of benzene rings is 1. The molecule has 3 N–H and O–H groups in total. The molecular weight excluding hydrogens is 453 g/mol. The fourth-order valence-electron chi connectivity index (χ4n) is 3.35. The highest BCUT2D eigenvalue weighted by Crippen LogP contribution is 2.32. The van der Waals surface area contributed by atoms with E-state index in [1.807, 2.05) is 6.92 Å². The molecule has 8 nitrogen and oxygen atoms in total. The first-order valence-corrected chi connectivity index (χ1v) is 11.1. The number of carboxylic acid groups (broad SMARTS) is 2. The summed E-state index contributed by atoms with van der Waals surface area (Å²) in [4.78, 5) is 48.5. The summed E-state index contributed by atoms with van der Waals surface area (Å²) >= 11 is 1.09. The molecule has 2 aromatic rings. The van der Waals surface area contributed by atoms with E-state index in [-0.39, 0.29) is 17.0 Å². The van der Waals surface area contributed by atoms with Gasteiger partial charge in [-0.2, -0.15) is 0 Å². The van der Waals surface area contributed by atoms with Gasteiger partial charge in [-0.1, -0.05) is 26.3 Å². The number of esters is 1. The molecule has 0 saturated heterocycles. The van der Waals surface area contributed by atoms with Crippen LogP contribution in [0.25, 0.3) is 0 Å². The number of amides is 1. The molecule has 0 aliphatic rings. The zero-order valence-corrected chi connectivity index (χ0v) is 19.3. The molecule has 2 unspecified atom stereocenters.